The highest BCUT2D eigenvalue weighted by atomic mass is 14.9. The number of likely N-dealkylation sites (N-methyl/N-ethyl adjacent to an activating group) is 1. The van der Waals surface area contributed by atoms with Crippen LogP contribution in [0.1, 0.15) is 18.5 Å². The Bertz CT molecular complexity index is 462. The van der Waals surface area contributed by atoms with Gasteiger partial charge in [0, 0.05) is 12.6 Å². The number of rotatable bonds is 5. The van der Waals surface area contributed by atoms with Crippen molar-refractivity contribution in [2.75, 3.05) is 13.1 Å². The Hall–Kier alpha value is -1.64. The summed E-state index contributed by atoms with van der Waals surface area (Å²) in [5.41, 5.74) is 9.76. The van der Waals surface area contributed by atoms with Gasteiger partial charge < -0.3 is 11.1 Å². The number of hydrogen-bond donors (Lipinski definition) is 2. The summed E-state index contributed by atoms with van der Waals surface area (Å²) in [5, 5.41) is 3.27. The van der Waals surface area contributed by atoms with Crippen LogP contribution in [0.2, 0.25) is 0 Å². The van der Waals surface area contributed by atoms with Gasteiger partial charge in [-0.15, -0.1) is 0 Å². The lowest BCUT2D eigenvalue weighted by Crippen LogP contribution is -2.26. The van der Waals surface area contributed by atoms with Gasteiger partial charge in [-0.2, -0.15) is 0 Å². The van der Waals surface area contributed by atoms with Crippen LogP contribution in [-0.2, 0) is 0 Å². The van der Waals surface area contributed by atoms with Crippen LogP contribution in [0.4, 0.5) is 0 Å². The minimum Gasteiger partial charge on any atom is -0.323 e. The van der Waals surface area contributed by atoms with E-state index >= 15 is 0 Å². The minimum absolute atomic E-state index is 0.0646. The van der Waals surface area contributed by atoms with E-state index in [0.717, 1.165) is 13.1 Å². The highest BCUT2D eigenvalue weighted by Crippen LogP contribution is 2.20. The van der Waals surface area contributed by atoms with Crippen molar-refractivity contribution in [2.24, 2.45) is 5.73 Å². The molecule has 2 aromatic carbocycles. The van der Waals surface area contributed by atoms with Crippen molar-refractivity contribution in [3.05, 3.63) is 60.2 Å². The Kier molecular flexibility index (Phi) is 4.51. The molecule has 0 amide bonds. The zero-order chi connectivity index (χ0) is 12.8. The first kappa shape index (κ1) is 12.8. The first-order valence-electron chi connectivity index (χ1n) is 6.43. The Balaban J connectivity index is 2.10. The standard InChI is InChI=1S/C16H20N2/c1-2-18-12-16(17)15-10-8-14(9-11-15)13-6-4-3-5-7-13/h3-11,16,18H,2,12,17H2,1H3. The first-order chi connectivity index (χ1) is 8.81. The summed E-state index contributed by atoms with van der Waals surface area (Å²) < 4.78 is 0. The number of nitrogens with two attached hydrogens (primary N) is 1. The molecule has 0 aromatic heterocycles. The molecule has 0 aliphatic rings. The van der Waals surface area contributed by atoms with Crippen molar-refractivity contribution in [1.29, 1.82) is 0 Å². The van der Waals surface area contributed by atoms with Crippen molar-refractivity contribution in [3.8, 4) is 11.1 Å². The van der Waals surface area contributed by atoms with Gasteiger partial charge in [0.15, 0.2) is 0 Å². The molecule has 94 valence electrons. The van der Waals surface area contributed by atoms with E-state index in [9.17, 15) is 0 Å². The van der Waals surface area contributed by atoms with Gasteiger partial charge in [-0.05, 0) is 23.2 Å². The van der Waals surface area contributed by atoms with Crippen LogP contribution in [0, 0.1) is 0 Å². The van der Waals surface area contributed by atoms with Gasteiger partial charge in [0.25, 0.3) is 0 Å². The second kappa shape index (κ2) is 6.34. The molecular weight excluding hydrogens is 220 g/mol. The van der Waals surface area contributed by atoms with Gasteiger partial charge in [0.2, 0.25) is 0 Å². The molecule has 0 aliphatic heterocycles. The van der Waals surface area contributed by atoms with Crippen LogP contribution >= 0.6 is 0 Å². The van der Waals surface area contributed by atoms with E-state index in [1.165, 1.54) is 16.7 Å². The van der Waals surface area contributed by atoms with E-state index in [4.69, 9.17) is 5.73 Å². The Morgan fingerprint density at radius 3 is 2.17 bits per heavy atom. The topological polar surface area (TPSA) is 38.0 Å². The van der Waals surface area contributed by atoms with Crippen molar-refractivity contribution in [1.82, 2.24) is 5.32 Å². The average molecular weight is 240 g/mol. The summed E-state index contributed by atoms with van der Waals surface area (Å²) in [4.78, 5) is 0. The lowest BCUT2D eigenvalue weighted by molar-refractivity contribution is 0.616. The van der Waals surface area contributed by atoms with Gasteiger partial charge in [-0.3, -0.25) is 0 Å². The molecule has 1 unspecified atom stereocenters. The maximum absolute atomic E-state index is 6.11. The molecule has 0 saturated carbocycles. The molecule has 0 heterocycles. The van der Waals surface area contributed by atoms with E-state index in [1.54, 1.807) is 0 Å². The molecule has 0 fully saturated rings. The minimum atomic E-state index is 0.0646. The molecule has 3 N–H and O–H groups in total. The van der Waals surface area contributed by atoms with Gasteiger partial charge in [0.05, 0.1) is 0 Å². The third kappa shape index (κ3) is 3.19. The Morgan fingerprint density at radius 2 is 1.56 bits per heavy atom. The monoisotopic (exact) mass is 240 g/mol. The molecule has 0 aliphatic carbocycles. The summed E-state index contributed by atoms with van der Waals surface area (Å²) in [6, 6.07) is 18.9. The molecule has 0 spiro atoms. The smallest absolute Gasteiger partial charge is 0.0421 e. The molecular formula is C16H20N2. The summed E-state index contributed by atoms with van der Waals surface area (Å²) in [6.07, 6.45) is 0. The van der Waals surface area contributed by atoms with Gasteiger partial charge in [-0.25, -0.2) is 0 Å². The predicted molar refractivity (Wildman–Crippen MR) is 77.4 cm³/mol. The number of benzene rings is 2. The quantitative estimate of drug-likeness (QED) is 0.843. The highest BCUT2D eigenvalue weighted by Gasteiger charge is 2.05. The third-order valence-corrected chi connectivity index (χ3v) is 3.06. The molecule has 2 heteroatoms. The molecule has 0 saturated heterocycles. The van der Waals surface area contributed by atoms with Crippen LogP contribution in [0.15, 0.2) is 54.6 Å². The summed E-state index contributed by atoms with van der Waals surface area (Å²) in [6.45, 7) is 3.86. The predicted octanol–water partition coefficient (Wildman–Crippen LogP) is 2.96. The fourth-order valence-corrected chi connectivity index (χ4v) is 1.97. The van der Waals surface area contributed by atoms with Crippen LogP contribution < -0.4 is 11.1 Å². The summed E-state index contributed by atoms with van der Waals surface area (Å²) in [5.74, 6) is 0. The largest absolute Gasteiger partial charge is 0.323 e. The number of nitrogens with one attached hydrogen (secondary N) is 1. The number of hydrogen-bond acceptors (Lipinski definition) is 2. The lowest BCUT2D eigenvalue weighted by Gasteiger charge is -2.13. The SMILES string of the molecule is CCNCC(N)c1ccc(-c2ccccc2)cc1. The van der Waals surface area contributed by atoms with E-state index in [-0.39, 0.29) is 6.04 Å². The maximum Gasteiger partial charge on any atom is 0.0421 e. The molecule has 2 rings (SSSR count). The van der Waals surface area contributed by atoms with Crippen LogP contribution in [-0.4, -0.2) is 13.1 Å². The van der Waals surface area contributed by atoms with Crippen molar-refractivity contribution in [3.63, 3.8) is 0 Å². The molecule has 0 bridgehead atoms. The van der Waals surface area contributed by atoms with Crippen molar-refractivity contribution >= 4 is 0 Å². The van der Waals surface area contributed by atoms with Gasteiger partial charge in [-0.1, -0.05) is 61.5 Å². The van der Waals surface area contributed by atoms with E-state index in [1.807, 2.05) is 6.07 Å². The average Bonchev–Trinajstić information content (AvgIpc) is 2.46. The van der Waals surface area contributed by atoms with Gasteiger partial charge in [0.1, 0.15) is 0 Å². The van der Waals surface area contributed by atoms with Crippen LogP contribution in [0.5, 0.6) is 0 Å². The maximum atomic E-state index is 6.11. The molecule has 2 aromatic rings. The molecule has 0 radical (unpaired) electrons. The summed E-state index contributed by atoms with van der Waals surface area (Å²) >= 11 is 0. The van der Waals surface area contributed by atoms with E-state index < -0.39 is 0 Å². The van der Waals surface area contributed by atoms with E-state index in [2.05, 4.69) is 60.8 Å². The molecule has 1 atom stereocenters. The van der Waals surface area contributed by atoms with Crippen molar-refractivity contribution < 1.29 is 0 Å². The van der Waals surface area contributed by atoms with E-state index in [0.29, 0.717) is 0 Å². The second-order valence-electron chi connectivity index (χ2n) is 4.40. The Morgan fingerprint density at radius 1 is 0.944 bits per heavy atom. The zero-order valence-corrected chi connectivity index (χ0v) is 10.8. The Labute approximate surface area is 109 Å². The fourth-order valence-electron chi connectivity index (χ4n) is 1.97. The van der Waals surface area contributed by atoms with Crippen molar-refractivity contribution in [2.45, 2.75) is 13.0 Å². The molecule has 2 nitrogen and oxygen atoms in total. The first-order valence-corrected chi connectivity index (χ1v) is 6.43. The fraction of sp³-hybridized carbons (Fsp3) is 0.250. The third-order valence-electron chi connectivity index (χ3n) is 3.06. The molecule has 18 heavy (non-hydrogen) atoms. The second-order valence-corrected chi connectivity index (χ2v) is 4.40. The van der Waals surface area contributed by atoms with Crippen LogP contribution in [0.25, 0.3) is 11.1 Å². The summed E-state index contributed by atoms with van der Waals surface area (Å²) in [7, 11) is 0. The van der Waals surface area contributed by atoms with Gasteiger partial charge >= 0.3 is 0 Å². The normalized spacial score (nSPS) is 12.3. The highest BCUT2D eigenvalue weighted by molar-refractivity contribution is 5.63. The lowest BCUT2D eigenvalue weighted by atomic mass is 10.0. The van der Waals surface area contributed by atoms with Crippen LogP contribution in [0.3, 0.4) is 0 Å². The zero-order valence-electron chi connectivity index (χ0n) is 10.8.